The van der Waals surface area contributed by atoms with Crippen LogP contribution in [0, 0.1) is 11.6 Å². The zero-order valence-corrected chi connectivity index (χ0v) is 16.0. The molecule has 9 heteroatoms. The number of carbonyl (C=O) groups excluding carboxylic acids is 1. The summed E-state index contributed by atoms with van der Waals surface area (Å²) >= 11 is 0. The van der Waals surface area contributed by atoms with Crippen LogP contribution in [-0.2, 0) is 19.4 Å². The molecular weight excluding hydrogens is 378 g/mol. The highest BCUT2D eigenvalue weighted by Crippen LogP contribution is 2.48. The fourth-order valence-electron chi connectivity index (χ4n) is 3.31. The van der Waals surface area contributed by atoms with Gasteiger partial charge in [-0.3, -0.25) is 4.79 Å². The summed E-state index contributed by atoms with van der Waals surface area (Å²) in [5.41, 5.74) is 4.96. The molecule has 0 radical (unpaired) electrons. The van der Waals surface area contributed by atoms with Gasteiger partial charge in [0.05, 0.1) is 24.5 Å². The number of nitrogens with one attached hydrogen (secondary N) is 1. The lowest BCUT2D eigenvalue weighted by Gasteiger charge is -2.38. The zero-order valence-electron chi connectivity index (χ0n) is 15.1. The largest absolute Gasteiger partial charge is 0.490 e. The molecule has 0 saturated carbocycles. The number of benzene rings is 1. The first-order valence-corrected chi connectivity index (χ1v) is 10.4. The van der Waals surface area contributed by atoms with Crippen LogP contribution in [0.4, 0.5) is 8.78 Å². The Hall–Kier alpha value is -2.00. The molecule has 0 aromatic heterocycles. The van der Waals surface area contributed by atoms with Crippen LogP contribution in [0.2, 0.25) is 0 Å². The Morgan fingerprint density at radius 1 is 1.37 bits per heavy atom. The van der Waals surface area contributed by atoms with Crippen molar-refractivity contribution in [2.24, 2.45) is 5.73 Å². The third-order valence-electron chi connectivity index (χ3n) is 4.68. The van der Waals surface area contributed by atoms with Crippen LogP contribution < -0.4 is 15.8 Å². The van der Waals surface area contributed by atoms with Crippen LogP contribution in [0.25, 0.3) is 0 Å². The number of hydrogen-bond acceptors (Lipinski definition) is 5. The maximum Gasteiger partial charge on any atom is 0.233 e. The number of allylic oxidation sites excluding steroid dienone is 1. The minimum absolute atomic E-state index is 0.00506. The van der Waals surface area contributed by atoms with E-state index < -0.39 is 26.2 Å². The Kier molecular flexibility index (Phi) is 6.94. The number of carbonyl (C=O) groups is 1. The molecular formula is C18H24F2N2O4S. The molecule has 150 valence electrons. The molecule has 1 aliphatic rings. The van der Waals surface area contributed by atoms with Gasteiger partial charge in [0.2, 0.25) is 5.91 Å². The van der Waals surface area contributed by atoms with E-state index in [-0.39, 0.29) is 61.9 Å². The minimum Gasteiger partial charge on any atom is -0.490 e. The molecule has 0 saturated heterocycles. The maximum absolute atomic E-state index is 14.7. The van der Waals surface area contributed by atoms with Crippen LogP contribution in [0.5, 0.6) is 5.75 Å². The molecule has 0 spiro atoms. The summed E-state index contributed by atoms with van der Waals surface area (Å²) in [4.78, 5) is 11.3. The molecule has 1 amide bonds. The Balaban J connectivity index is 2.47. The van der Waals surface area contributed by atoms with Crippen LogP contribution >= 0.6 is 0 Å². The fourth-order valence-corrected chi connectivity index (χ4v) is 5.43. The number of nitrogens with two attached hydrogens (primary N) is 1. The topological polar surface area (TPSA) is 98.5 Å². The quantitative estimate of drug-likeness (QED) is 0.510. The van der Waals surface area contributed by atoms with Crippen molar-refractivity contribution in [1.29, 1.82) is 0 Å². The summed E-state index contributed by atoms with van der Waals surface area (Å²) in [7, 11) is -3.88. The first kappa shape index (κ1) is 21.3. The number of ether oxygens (including phenoxy) is 1. The Labute approximate surface area is 157 Å². The van der Waals surface area contributed by atoms with E-state index in [1.165, 1.54) is 6.08 Å². The van der Waals surface area contributed by atoms with Gasteiger partial charge in [-0.1, -0.05) is 12.2 Å². The summed E-state index contributed by atoms with van der Waals surface area (Å²) in [6.45, 7) is 1.64. The van der Waals surface area contributed by atoms with E-state index >= 15 is 0 Å². The Morgan fingerprint density at radius 2 is 2.07 bits per heavy atom. The lowest BCUT2D eigenvalue weighted by Crippen LogP contribution is -2.43. The molecule has 0 fully saturated rings. The molecule has 6 nitrogen and oxygen atoms in total. The predicted octanol–water partition coefficient (Wildman–Crippen LogP) is 1.79. The van der Waals surface area contributed by atoms with Crippen molar-refractivity contribution < 1.29 is 26.7 Å². The van der Waals surface area contributed by atoms with Gasteiger partial charge in [-0.2, -0.15) is 0 Å². The van der Waals surface area contributed by atoms with E-state index in [1.54, 1.807) is 13.0 Å². The van der Waals surface area contributed by atoms with Gasteiger partial charge in [-0.05, 0) is 31.9 Å². The number of halogens is 2. The lowest BCUT2D eigenvalue weighted by atomic mass is 9.87. The van der Waals surface area contributed by atoms with E-state index in [1.807, 2.05) is 0 Å². The van der Waals surface area contributed by atoms with Gasteiger partial charge in [0, 0.05) is 13.0 Å². The van der Waals surface area contributed by atoms with Gasteiger partial charge in [0.1, 0.15) is 10.6 Å². The highest BCUT2D eigenvalue weighted by Gasteiger charge is 2.50. The number of fused-ring (bicyclic) bond motifs is 1. The molecule has 2 rings (SSSR count). The Morgan fingerprint density at radius 3 is 2.74 bits per heavy atom. The van der Waals surface area contributed by atoms with Gasteiger partial charge >= 0.3 is 0 Å². The van der Waals surface area contributed by atoms with Crippen molar-refractivity contribution >= 4 is 15.7 Å². The molecule has 1 aromatic carbocycles. The van der Waals surface area contributed by atoms with Crippen molar-refractivity contribution in [3.8, 4) is 5.75 Å². The van der Waals surface area contributed by atoms with Crippen molar-refractivity contribution in [2.75, 3.05) is 25.4 Å². The number of rotatable bonds is 8. The average Bonchev–Trinajstić information content (AvgIpc) is 2.66. The number of hydrogen-bond donors (Lipinski definition) is 2. The first-order valence-electron chi connectivity index (χ1n) is 8.70. The summed E-state index contributed by atoms with van der Waals surface area (Å²) in [5.74, 6) is -2.63. The second kappa shape index (κ2) is 8.79. The standard InChI is InChI=1S/C18H24F2N2O4S/c1-2-3-11-27(24,25)18(7-4-9-22-15(23)12-21)8-10-26-17-14(20)6-5-13(19)16(17)18/h2-3,5-6H,4,7-12,21H2,1H3,(H,22,23)/b3-2-/t18-/m1/s1. The summed E-state index contributed by atoms with van der Waals surface area (Å²) in [6, 6.07) is 1.84. The summed E-state index contributed by atoms with van der Waals surface area (Å²) < 4.78 is 58.9. The second-order valence-electron chi connectivity index (χ2n) is 6.33. The molecule has 0 aliphatic carbocycles. The molecule has 0 unspecified atom stereocenters. The van der Waals surface area contributed by atoms with E-state index in [9.17, 15) is 22.0 Å². The highest BCUT2D eigenvalue weighted by atomic mass is 32.2. The van der Waals surface area contributed by atoms with Crippen molar-refractivity contribution in [3.05, 3.63) is 41.5 Å². The van der Waals surface area contributed by atoms with Crippen LogP contribution in [0.1, 0.15) is 31.7 Å². The molecule has 1 atom stereocenters. The fraction of sp³-hybridized carbons (Fsp3) is 0.500. The first-order chi connectivity index (χ1) is 12.8. The van der Waals surface area contributed by atoms with Gasteiger partial charge in [-0.15, -0.1) is 0 Å². The summed E-state index contributed by atoms with van der Waals surface area (Å²) in [5, 5.41) is 2.56. The van der Waals surface area contributed by atoms with Gasteiger partial charge in [0.25, 0.3) is 0 Å². The third kappa shape index (κ3) is 4.30. The smallest absolute Gasteiger partial charge is 0.233 e. The van der Waals surface area contributed by atoms with Crippen molar-refractivity contribution in [1.82, 2.24) is 5.32 Å². The van der Waals surface area contributed by atoms with Gasteiger partial charge in [-0.25, -0.2) is 17.2 Å². The van der Waals surface area contributed by atoms with Crippen molar-refractivity contribution in [3.63, 3.8) is 0 Å². The number of sulfone groups is 1. The normalized spacial score (nSPS) is 19.6. The lowest BCUT2D eigenvalue weighted by molar-refractivity contribution is -0.119. The monoisotopic (exact) mass is 402 g/mol. The molecule has 1 aliphatic heterocycles. The molecule has 1 aromatic rings. The average molecular weight is 402 g/mol. The molecule has 1 heterocycles. The third-order valence-corrected chi connectivity index (χ3v) is 7.11. The Bertz CT molecular complexity index is 827. The SMILES string of the molecule is C/C=C\CS(=O)(=O)[C@]1(CCCNC(=O)CN)CCOc2c(F)ccc(F)c21. The highest BCUT2D eigenvalue weighted by molar-refractivity contribution is 7.92. The van der Waals surface area contributed by atoms with E-state index in [0.29, 0.717) is 0 Å². The van der Waals surface area contributed by atoms with Crippen molar-refractivity contribution in [2.45, 2.75) is 30.9 Å². The van der Waals surface area contributed by atoms with Crippen LogP contribution in [-0.4, -0.2) is 39.8 Å². The zero-order chi connectivity index (χ0) is 20.1. The minimum atomic E-state index is -3.88. The van der Waals surface area contributed by atoms with E-state index in [0.717, 1.165) is 12.1 Å². The summed E-state index contributed by atoms with van der Waals surface area (Å²) in [6.07, 6.45) is 3.35. The van der Waals surface area contributed by atoms with Crippen LogP contribution in [0.15, 0.2) is 24.3 Å². The molecule has 3 N–H and O–H groups in total. The molecule has 27 heavy (non-hydrogen) atoms. The van der Waals surface area contributed by atoms with E-state index in [4.69, 9.17) is 10.5 Å². The molecule has 0 bridgehead atoms. The van der Waals surface area contributed by atoms with Gasteiger partial charge < -0.3 is 15.8 Å². The van der Waals surface area contributed by atoms with E-state index in [2.05, 4.69) is 5.32 Å². The number of amides is 1. The van der Waals surface area contributed by atoms with Crippen LogP contribution in [0.3, 0.4) is 0 Å². The van der Waals surface area contributed by atoms with Gasteiger partial charge in [0.15, 0.2) is 21.4 Å². The second-order valence-corrected chi connectivity index (χ2v) is 8.68. The predicted molar refractivity (Wildman–Crippen MR) is 98.0 cm³/mol. The maximum atomic E-state index is 14.7.